The number of aryl methyl sites for hydroxylation is 1. The van der Waals surface area contributed by atoms with Gasteiger partial charge in [-0.2, -0.15) is 5.10 Å². The van der Waals surface area contributed by atoms with E-state index < -0.39 is 0 Å². The zero-order chi connectivity index (χ0) is 20.5. The van der Waals surface area contributed by atoms with Gasteiger partial charge in [-0.3, -0.25) is 14.3 Å². The van der Waals surface area contributed by atoms with Crippen LogP contribution in [0.25, 0.3) is 0 Å². The first-order valence-electron chi connectivity index (χ1n) is 9.12. The number of anilines is 1. The second kappa shape index (κ2) is 10.3. The number of amides is 1. The summed E-state index contributed by atoms with van der Waals surface area (Å²) < 4.78 is 3.92. The van der Waals surface area contributed by atoms with Crippen LogP contribution in [0.5, 0.6) is 0 Å². The molecule has 12 heteroatoms. The number of fused-ring (bicyclic) bond motifs is 1. The Bertz CT molecular complexity index is 869. The number of carbonyl (C=O) groups excluding carboxylic acids is 1. The first-order chi connectivity index (χ1) is 14.2. The highest BCUT2D eigenvalue weighted by molar-refractivity contribution is 7.13. The van der Waals surface area contributed by atoms with Crippen molar-refractivity contribution in [2.24, 2.45) is 0 Å². The van der Waals surface area contributed by atoms with Crippen LogP contribution in [0, 0.1) is 0 Å². The van der Waals surface area contributed by atoms with E-state index in [1.807, 2.05) is 23.1 Å². The Hall–Kier alpha value is -3.28. The minimum Gasteiger partial charge on any atom is -0.483 e. The molecule has 0 fully saturated rings. The molecular weight excluding hydrogens is 396 g/mol. The van der Waals surface area contributed by atoms with Gasteiger partial charge in [0, 0.05) is 57.7 Å². The Labute approximate surface area is 171 Å². The minimum atomic E-state index is -0.250. The number of hydrogen-bond acceptors (Lipinski definition) is 8. The molecule has 1 aliphatic rings. The van der Waals surface area contributed by atoms with Crippen molar-refractivity contribution in [2.45, 2.75) is 25.9 Å². The van der Waals surface area contributed by atoms with Gasteiger partial charge in [-0.25, -0.2) is 4.98 Å². The molecule has 0 aromatic carbocycles. The third-order valence-electron chi connectivity index (χ3n) is 4.34. The van der Waals surface area contributed by atoms with Gasteiger partial charge in [-0.15, -0.1) is 10.2 Å². The molecule has 3 aromatic heterocycles. The number of nitrogens with one attached hydrogen (secondary N) is 1. The summed E-state index contributed by atoms with van der Waals surface area (Å²) >= 11 is 1.54. The summed E-state index contributed by atoms with van der Waals surface area (Å²) in [4.78, 5) is 27.4. The van der Waals surface area contributed by atoms with Crippen LogP contribution >= 0.6 is 11.3 Å². The Balaban J connectivity index is 0.000000755. The average Bonchev–Trinajstić information content (AvgIpc) is 3.47. The second-order valence-corrected chi connectivity index (χ2v) is 6.99. The topological polar surface area (TPSA) is 131 Å². The van der Waals surface area contributed by atoms with Crippen molar-refractivity contribution in [3.05, 3.63) is 41.7 Å². The zero-order valence-corrected chi connectivity index (χ0v) is 16.5. The minimum absolute atomic E-state index is 0.119. The fourth-order valence-corrected chi connectivity index (χ4v) is 3.61. The summed E-state index contributed by atoms with van der Waals surface area (Å²) in [5.41, 5.74) is 2.23. The smallest absolute Gasteiger partial charge is 0.290 e. The lowest BCUT2D eigenvalue weighted by molar-refractivity contribution is -0.122. The van der Waals surface area contributed by atoms with Gasteiger partial charge in [0.05, 0.1) is 0 Å². The van der Waals surface area contributed by atoms with Crippen molar-refractivity contribution < 1.29 is 14.7 Å². The van der Waals surface area contributed by atoms with E-state index in [9.17, 15) is 4.79 Å². The zero-order valence-electron chi connectivity index (χ0n) is 15.7. The number of rotatable bonds is 6. The van der Waals surface area contributed by atoms with Crippen LogP contribution in [0.4, 0.5) is 5.13 Å². The first-order valence-corrected chi connectivity index (χ1v) is 10.00. The molecule has 0 radical (unpaired) electrons. The van der Waals surface area contributed by atoms with Gasteiger partial charge in [0.2, 0.25) is 5.13 Å². The predicted octanol–water partition coefficient (Wildman–Crippen LogP) is 0.515. The molecule has 0 atom stereocenters. The molecule has 1 amide bonds. The summed E-state index contributed by atoms with van der Waals surface area (Å²) in [5, 5.41) is 22.9. The number of carboxylic acid groups (broad SMARTS) is 1. The van der Waals surface area contributed by atoms with Crippen molar-refractivity contribution in [3.8, 4) is 0 Å². The van der Waals surface area contributed by atoms with E-state index in [1.165, 1.54) is 0 Å². The van der Waals surface area contributed by atoms with Gasteiger partial charge in [-0.05, 0) is 12.5 Å². The number of carbonyl (C=O) groups is 2. The molecule has 0 aliphatic carbocycles. The maximum absolute atomic E-state index is 12.3. The summed E-state index contributed by atoms with van der Waals surface area (Å²) in [6, 6.07) is 1.89. The highest BCUT2D eigenvalue weighted by atomic mass is 32.1. The van der Waals surface area contributed by atoms with Crippen molar-refractivity contribution >= 4 is 28.8 Å². The Morgan fingerprint density at radius 2 is 2.21 bits per heavy atom. The normalized spacial score (nSPS) is 13.0. The van der Waals surface area contributed by atoms with Gasteiger partial charge in [0.15, 0.2) is 0 Å². The number of aromatic nitrogens is 6. The van der Waals surface area contributed by atoms with Crippen molar-refractivity contribution in [1.82, 2.24) is 34.8 Å². The van der Waals surface area contributed by atoms with Crippen LogP contribution in [0.1, 0.15) is 22.7 Å². The van der Waals surface area contributed by atoms with E-state index in [0.717, 1.165) is 50.0 Å². The highest BCUT2D eigenvalue weighted by Crippen LogP contribution is 2.19. The van der Waals surface area contributed by atoms with Crippen molar-refractivity contribution in [3.63, 3.8) is 0 Å². The van der Waals surface area contributed by atoms with E-state index in [4.69, 9.17) is 9.90 Å². The van der Waals surface area contributed by atoms with Crippen LogP contribution in [-0.4, -0.2) is 66.6 Å². The Morgan fingerprint density at radius 3 is 2.93 bits per heavy atom. The lowest BCUT2D eigenvalue weighted by Gasteiger charge is -2.17. The van der Waals surface area contributed by atoms with E-state index in [1.54, 1.807) is 23.0 Å². The van der Waals surface area contributed by atoms with Crippen LogP contribution in [0.3, 0.4) is 0 Å². The van der Waals surface area contributed by atoms with Gasteiger partial charge in [0.1, 0.15) is 17.0 Å². The standard InChI is InChI=1S/C16H20N8OS.CH2O2/c25-15(17-4-1-6-24-7-2-5-19-24)13-11-23-10-9-22(8-3-14(23)20-13)16-21-18-12-26-16;2-1-3/h2,5,7,11-12H,1,3-4,6,8-10H2,(H,17,25);1H,(H,2,3). The summed E-state index contributed by atoms with van der Waals surface area (Å²) in [6.45, 7) is 3.59. The number of nitrogens with zero attached hydrogens (tertiary/aromatic N) is 7. The molecule has 0 spiro atoms. The van der Waals surface area contributed by atoms with Crippen LogP contribution < -0.4 is 10.2 Å². The Morgan fingerprint density at radius 1 is 1.34 bits per heavy atom. The maximum Gasteiger partial charge on any atom is 0.290 e. The Kier molecular flexibility index (Phi) is 7.28. The monoisotopic (exact) mass is 418 g/mol. The van der Waals surface area contributed by atoms with Crippen LogP contribution in [-0.2, 0) is 24.3 Å². The molecule has 1 aliphatic heterocycles. The molecule has 2 N–H and O–H groups in total. The quantitative estimate of drug-likeness (QED) is 0.437. The van der Waals surface area contributed by atoms with Crippen LogP contribution in [0.2, 0.25) is 0 Å². The lowest BCUT2D eigenvalue weighted by atomic mass is 10.3. The van der Waals surface area contributed by atoms with E-state index in [0.29, 0.717) is 12.2 Å². The molecule has 0 bridgehead atoms. The third-order valence-corrected chi connectivity index (χ3v) is 5.09. The first kappa shape index (κ1) is 20.5. The fourth-order valence-electron chi connectivity index (χ4n) is 2.99. The average molecular weight is 418 g/mol. The van der Waals surface area contributed by atoms with Crippen molar-refractivity contribution in [2.75, 3.05) is 24.5 Å². The summed E-state index contributed by atoms with van der Waals surface area (Å²) in [7, 11) is 0. The SMILES string of the molecule is O=C(NCCCn1cccn1)c1cn2c(n1)CCN(c1nncs1)CC2.O=CO. The van der Waals surface area contributed by atoms with Crippen molar-refractivity contribution in [1.29, 1.82) is 0 Å². The number of hydrogen-bond donors (Lipinski definition) is 2. The third kappa shape index (κ3) is 5.60. The summed E-state index contributed by atoms with van der Waals surface area (Å²) in [6.07, 6.45) is 7.13. The van der Waals surface area contributed by atoms with E-state index >= 15 is 0 Å². The molecule has 4 heterocycles. The highest BCUT2D eigenvalue weighted by Gasteiger charge is 2.20. The molecule has 154 valence electrons. The number of imidazole rings is 1. The molecule has 11 nitrogen and oxygen atoms in total. The molecule has 0 unspecified atom stereocenters. The van der Waals surface area contributed by atoms with Crippen LogP contribution in [0.15, 0.2) is 30.2 Å². The van der Waals surface area contributed by atoms with Gasteiger partial charge in [-0.1, -0.05) is 11.3 Å². The summed E-state index contributed by atoms with van der Waals surface area (Å²) in [5.74, 6) is 0.825. The lowest BCUT2D eigenvalue weighted by Crippen LogP contribution is -2.27. The molecule has 0 saturated carbocycles. The molecular formula is C17H22N8O3S. The predicted molar refractivity (Wildman–Crippen MR) is 106 cm³/mol. The largest absolute Gasteiger partial charge is 0.483 e. The molecule has 4 rings (SSSR count). The molecule has 29 heavy (non-hydrogen) atoms. The molecule has 0 saturated heterocycles. The maximum atomic E-state index is 12.3. The van der Waals surface area contributed by atoms with Gasteiger partial charge in [0.25, 0.3) is 12.4 Å². The van der Waals surface area contributed by atoms with E-state index in [-0.39, 0.29) is 12.4 Å². The second-order valence-electron chi connectivity index (χ2n) is 6.18. The van der Waals surface area contributed by atoms with Gasteiger partial charge >= 0.3 is 0 Å². The molecule has 3 aromatic rings. The fraction of sp³-hybridized carbons (Fsp3) is 0.412. The van der Waals surface area contributed by atoms with E-state index in [2.05, 4.69) is 35.1 Å². The van der Waals surface area contributed by atoms with Gasteiger partial charge < -0.3 is 19.9 Å².